The number of rotatable bonds is 5. The summed E-state index contributed by atoms with van der Waals surface area (Å²) in [5.41, 5.74) is 7.00. The van der Waals surface area contributed by atoms with E-state index in [4.69, 9.17) is 16.9 Å². The smallest absolute Gasteiger partial charge is 0.124 e. The van der Waals surface area contributed by atoms with Crippen LogP contribution in [-0.2, 0) is 0 Å². The van der Waals surface area contributed by atoms with Gasteiger partial charge in [0.05, 0.1) is 13.2 Å². The predicted octanol–water partition coefficient (Wildman–Crippen LogP) is 2.46. The van der Waals surface area contributed by atoms with Crippen LogP contribution in [0, 0.1) is 12.3 Å². The zero-order chi connectivity index (χ0) is 14.5. The summed E-state index contributed by atoms with van der Waals surface area (Å²) in [5, 5.41) is 5.66. The quantitative estimate of drug-likeness (QED) is 0.819. The highest BCUT2D eigenvalue weighted by atomic mass is 16.5. The molecule has 2 aromatic carbocycles. The largest absolute Gasteiger partial charge is 0.496 e. The maximum atomic E-state index is 5.94. The summed E-state index contributed by atoms with van der Waals surface area (Å²) in [7, 11) is 1.67. The fraction of sp³-hybridized carbons (Fsp3) is 0.294. The van der Waals surface area contributed by atoms with Gasteiger partial charge in [0.25, 0.3) is 0 Å². The van der Waals surface area contributed by atoms with Crippen molar-refractivity contribution in [2.24, 2.45) is 5.73 Å². The van der Waals surface area contributed by atoms with Crippen LogP contribution < -0.4 is 15.8 Å². The Hall–Kier alpha value is -2.02. The van der Waals surface area contributed by atoms with Crippen molar-refractivity contribution in [1.29, 1.82) is 0 Å². The van der Waals surface area contributed by atoms with Gasteiger partial charge in [-0.1, -0.05) is 36.3 Å². The van der Waals surface area contributed by atoms with E-state index in [2.05, 4.69) is 29.4 Å². The van der Waals surface area contributed by atoms with Gasteiger partial charge in [-0.3, -0.25) is 5.32 Å². The van der Waals surface area contributed by atoms with Crippen molar-refractivity contribution in [2.75, 3.05) is 13.7 Å². The number of benzene rings is 2. The number of fused-ring (bicyclic) bond motifs is 1. The summed E-state index contributed by atoms with van der Waals surface area (Å²) in [6.07, 6.45) is 5.45. The fourth-order valence-electron chi connectivity index (χ4n) is 2.43. The zero-order valence-corrected chi connectivity index (χ0v) is 11.9. The van der Waals surface area contributed by atoms with Crippen LogP contribution in [0.3, 0.4) is 0 Å². The standard InChI is InChI=1S/C17H20N2O/c1-4-12(2)19-15(11-18)17-14-8-6-5-7-13(14)9-10-16(17)20-3/h1,5-10,12,15,19H,11,18H2,2-3H3. The van der Waals surface area contributed by atoms with Gasteiger partial charge in [0.15, 0.2) is 0 Å². The van der Waals surface area contributed by atoms with Gasteiger partial charge in [-0.2, -0.15) is 0 Å². The summed E-state index contributed by atoms with van der Waals surface area (Å²) in [5.74, 6) is 3.51. The third-order valence-electron chi connectivity index (χ3n) is 3.44. The van der Waals surface area contributed by atoms with E-state index in [0.717, 1.165) is 22.1 Å². The van der Waals surface area contributed by atoms with Crippen molar-refractivity contribution in [2.45, 2.75) is 19.0 Å². The van der Waals surface area contributed by atoms with E-state index in [9.17, 15) is 0 Å². The molecule has 0 saturated heterocycles. The number of methoxy groups -OCH3 is 1. The number of ether oxygens (including phenoxy) is 1. The first kappa shape index (κ1) is 14.4. The van der Waals surface area contributed by atoms with Crippen molar-refractivity contribution in [3.05, 3.63) is 42.0 Å². The van der Waals surface area contributed by atoms with Gasteiger partial charge in [-0.05, 0) is 23.8 Å². The number of terminal acetylenes is 1. The van der Waals surface area contributed by atoms with Gasteiger partial charge in [0.1, 0.15) is 5.75 Å². The molecular weight excluding hydrogens is 248 g/mol. The lowest BCUT2D eigenvalue weighted by atomic mass is 9.97. The average molecular weight is 268 g/mol. The van der Waals surface area contributed by atoms with E-state index < -0.39 is 0 Å². The molecule has 0 radical (unpaired) electrons. The first-order valence-corrected chi connectivity index (χ1v) is 6.69. The van der Waals surface area contributed by atoms with Crippen LogP contribution >= 0.6 is 0 Å². The second-order valence-corrected chi connectivity index (χ2v) is 4.75. The third-order valence-corrected chi connectivity index (χ3v) is 3.44. The Morgan fingerprint density at radius 1 is 1.30 bits per heavy atom. The van der Waals surface area contributed by atoms with Crippen LogP contribution in [0.1, 0.15) is 18.5 Å². The normalized spacial score (nSPS) is 13.7. The molecule has 0 aromatic heterocycles. The summed E-state index contributed by atoms with van der Waals surface area (Å²) >= 11 is 0. The van der Waals surface area contributed by atoms with Crippen molar-refractivity contribution in [1.82, 2.24) is 5.32 Å². The minimum atomic E-state index is -0.0489. The highest BCUT2D eigenvalue weighted by Gasteiger charge is 2.19. The molecule has 0 aliphatic heterocycles. The number of hydrogen-bond donors (Lipinski definition) is 2. The first-order chi connectivity index (χ1) is 9.71. The molecule has 2 rings (SSSR count). The van der Waals surface area contributed by atoms with Gasteiger partial charge < -0.3 is 10.5 Å². The topological polar surface area (TPSA) is 47.3 Å². The molecule has 0 aliphatic carbocycles. The predicted molar refractivity (Wildman–Crippen MR) is 83.7 cm³/mol. The summed E-state index contributed by atoms with van der Waals surface area (Å²) in [6, 6.07) is 12.1. The molecule has 3 heteroatoms. The SMILES string of the molecule is C#CC(C)NC(CN)c1c(OC)ccc2ccccc12. The first-order valence-electron chi connectivity index (χ1n) is 6.69. The van der Waals surface area contributed by atoms with Crippen LogP contribution in [0.25, 0.3) is 10.8 Å². The molecule has 0 bridgehead atoms. The van der Waals surface area contributed by atoms with Gasteiger partial charge in [0, 0.05) is 18.2 Å². The van der Waals surface area contributed by atoms with E-state index in [-0.39, 0.29) is 12.1 Å². The Kier molecular flexibility index (Phi) is 4.62. The van der Waals surface area contributed by atoms with Crippen molar-refractivity contribution >= 4 is 10.8 Å². The molecule has 0 fully saturated rings. The van der Waals surface area contributed by atoms with Gasteiger partial charge in [0.2, 0.25) is 0 Å². The average Bonchev–Trinajstić information content (AvgIpc) is 2.51. The second kappa shape index (κ2) is 6.42. The number of nitrogens with two attached hydrogens (primary N) is 1. The summed E-state index contributed by atoms with van der Waals surface area (Å²) in [6.45, 7) is 2.40. The zero-order valence-electron chi connectivity index (χ0n) is 11.9. The van der Waals surface area contributed by atoms with Crippen LogP contribution in [-0.4, -0.2) is 19.7 Å². The highest BCUT2D eigenvalue weighted by molar-refractivity contribution is 5.88. The van der Waals surface area contributed by atoms with E-state index in [1.54, 1.807) is 7.11 Å². The molecule has 0 heterocycles. The number of hydrogen-bond acceptors (Lipinski definition) is 3. The van der Waals surface area contributed by atoms with E-state index in [1.165, 1.54) is 0 Å². The maximum Gasteiger partial charge on any atom is 0.124 e. The van der Waals surface area contributed by atoms with Crippen molar-refractivity contribution < 1.29 is 4.74 Å². The van der Waals surface area contributed by atoms with Crippen LogP contribution in [0.15, 0.2) is 36.4 Å². The molecular formula is C17H20N2O. The molecule has 20 heavy (non-hydrogen) atoms. The lowest BCUT2D eigenvalue weighted by Gasteiger charge is -2.23. The van der Waals surface area contributed by atoms with Crippen molar-refractivity contribution in [3.63, 3.8) is 0 Å². The van der Waals surface area contributed by atoms with Crippen LogP contribution in [0.5, 0.6) is 5.75 Å². The van der Waals surface area contributed by atoms with E-state index in [0.29, 0.717) is 6.54 Å². The molecule has 0 aliphatic rings. The minimum absolute atomic E-state index is 0.0397. The molecule has 0 saturated carbocycles. The Labute approximate surface area is 120 Å². The molecule has 104 valence electrons. The molecule has 0 amide bonds. The maximum absolute atomic E-state index is 5.94. The molecule has 2 unspecified atom stereocenters. The monoisotopic (exact) mass is 268 g/mol. The lowest BCUT2D eigenvalue weighted by molar-refractivity contribution is 0.399. The molecule has 0 spiro atoms. The van der Waals surface area contributed by atoms with E-state index in [1.807, 2.05) is 25.1 Å². The molecule has 3 nitrogen and oxygen atoms in total. The van der Waals surface area contributed by atoms with Gasteiger partial charge >= 0.3 is 0 Å². The van der Waals surface area contributed by atoms with Gasteiger partial charge in [-0.25, -0.2) is 0 Å². The van der Waals surface area contributed by atoms with Crippen LogP contribution in [0.4, 0.5) is 0 Å². The third kappa shape index (κ3) is 2.77. The Balaban J connectivity index is 2.57. The number of nitrogens with one attached hydrogen (secondary N) is 1. The summed E-state index contributed by atoms with van der Waals surface area (Å²) in [4.78, 5) is 0. The summed E-state index contributed by atoms with van der Waals surface area (Å²) < 4.78 is 5.50. The minimum Gasteiger partial charge on any atom is -0.496 e. The Morgan fingerprint density at radius 3 is 2.70 bits per heavy atom. The van der Waals surface area contributed by atoms with Crippen LogP contribution in [0.2, 0.25) is 0 Å². The molecule has 3 N–H and O–H groups in total. The van der Waals surface area contributed by atoms with Gasteiger partial charge in [-0.15, -0.1) is 6.42 Å². The molecule has 2 aromatic rings. The van der Waals surface area contributed by atoms with Crippen molar-refractivity contribution in [3.8, 4) is 18.1 Å². The molecule has 2 atom stereocenters. The Morgan fingerprint density at radius 2 is 2.05 bits per heavy atom. The van der Waals surface area contributed by atoms with E-state index >= 15 is 0 Å². The second-order valence-electron chi connectivity index (χ2n) is 4.75. The Bertz CT molecular complexity index is 630. The fourth-order valence-corrected chi connectivity index (χ4v) is 2.43. The highest BCUT2D eigenvalue weighted by Crippen LogP contribution is 2.32. The lowest BCUT2D eigenvalue weighted by Crippen LogP contribution is -2.34.